The van der Waals surface area contributed by atoms with Crippen molar-refractivity contribution < 1.29 is 17.2 Å². The number of pyridine rings is 1. The van der Waals surface area contributed by atoms with Gasteiger partial charge in [0.1, 0.15) is 11.5 Å². The molecule has 158 valence electrons. The van der Waals surface area contributed by atoms with E-state index in [2.05, 4.69) is 25.2 Å². The SMILES string of the molecule is CS(=O)(=O)Nc1ccccc1-c1cnc(N)c(-c2nnnn2-c2cccc(F)c2F)c1. The molecule has 0 aliphatic heterocycles. The Labute approximate surface area is 175 Å². The third-order valence-corrected chi connectivity index (χ3v) is 4.91. The summed E-state index contributed by atoms with van der Waals surface area (Å²) in [5, 5.41) is 11.2. The molecule has 3 N–H and O–H groups in total. The van der Waals surface area contributed by atoms with Crippen molar-refractivity contribution in [1.82, 2.24) is 25.2 Å². The average Bonchev–Trinajstić information content (AvgIpc) is 3.19. The Morgan fingerprint density at radius 1 is 1.06 bits per heavy atom. The molecular formula is C19H15F2N7O2S. The van der Waals surface area contributed by atoms with Gasteiger partial charge in [-0.2, -0.15) is 4.68 Å². The summed E-state index contributed by atoms with van der Waals surface area (Å²) in [5.41, 5.74) is 7.42. The van der Waals surface area contributed by atoms with Crippen molar-refractivity contribution in [2.45, 2.75) is 0 Å². The Bertz CT molecular complexity index is 1390. The normalized spacial score (nSPS) is 11.5. The topological polar surface area (TPSA) is 129 Å². The minimum Gasteiger partial charge on any atom is -0.383 e. The molecule has 0 amide bonds. The monoisotopic (exact) mass is 443 g/mol. The van der Waals surface area contributed by atoms with Gasteiger partial charge in [0, 0.05) is 17.3 Å². The Morgan fingerprint density at radius 2 is 1.84 bits per heavy atom. The zero-order valence-electron chi connectivity index (χ0n) is 16.0. The number of nitrogens with one attached hydrogen (secondary N) is 1. The van der Waals surface area contributed by atoms with Crippen LogP contribution in [0.5, 0.6) is 0 Å². The Morgan fingerprint density at radius 3 is 2.61 bits per heavy atom. The fourth-order valence-electron chi connectivity index (χ4n) is 3.00. The lowest BCUT2D eigenvalue weighted by molar-refractivity contribution is 0.501. The van der Waals surface area contributed by atoms with E-state index in [1.54, 1.807) is 30.3 Å². The van der Waals surface area contributed by atoms with Crippen molar-refractivity contribution in [3.63, 3.8) is 0 Å². The molecule has 0 fully saturated rings. The van der Waals surface area contributed by atoms with E-state index in [-0.39, 0.29) is 22.9 Å². The number of hydrogen-bond acceptors (Lipinski definition) is 7. The van der Waals surface area contributed by atoms with Crippen molar-refractivity contribution in [2.24, 2.45) is 0 Å². The molecule has 4 rings (SSSR count). The molecule has 0 aliphatic carbocycles. The van der Waals surface area contributed by atoms with Crippen LogP contribution in [0.1, 0.15) is 0 Å². The molecule has 2 aromatic carbocycles. The zero-order valence-corrected chi connectivity index (χ0v) is 16.8. The second-order valence-electron chi connectivity index (χ2n) is 6.56. The molecule has 12 heteroatoms. The fourth-order valence-corrected chi connectivity index (χ4v) is 3.58. The molecule has 0 bridgehead atoms. The van der Waals surface area contributed by atoms with Crippen LogP contribution in [0.4, 0.5) is 20.3 Å². The largest absolute Gasteiger partial charge is 0.383 e. The predicted molar refractivity (Wildman–Crippen MR) is 111 cm³/mol. The van der Waals surface area contributed by atoms with Gasteiger partial charge in [-0.3, -0.25) is 4.72 Å². The van der Waals surface area contributed by atoms with E-state index in [1.807, 2.05) is 0 Å². The zero-order chi connectivity index (χ0) is 22.2. The lowest BCUT2D eigenvalue weighted by Crippen LogP contribution is -2.10. The number of nitrogen functional groups attached to an aromatic ring is 1. The van der Waals surface area contributed by atoms with Crippen molar-refractivity contribution in [1.29, 1.82) is 0 Å². The van der Waals surface area contributed by atoms with Crippen LogP contribution in [-0.2, 0) is 10.0 Å². The Kier molecular flexibility index (Phi) is 5.07. The minimum atomic E-state index is -3.53. The number of benzene rings is 2. The highest BCUT2D eigenvalue weighted by Crippen LogP contribution is 2.33. The van der Waals surface area contributed by atoms with Crippen LogP contribution in [0.15, 0.2) is 54.7 Å². The van der Waals surface area contributed by atoms with Gasteiger partial charge >= 0.3 is 0 Å². The lowest BCUT2D eigenvalue weighted by atomic mass is 10.0. The van der Waals surface area contributed by atoms with Gasteiger partial charge in [0.25, 0.3) is 0 Å². The predicted octanol–water partition coefficient (Wildman–Crippen LogP) is 2.62. The van der Waals surface area contributed by atoms with Crippen LogP contribution in [0.2, 0.25) is 0 Å². The van der Waals surface area contributed by atoms with Gasteiger partial charge in [-0.1, -0.05) is 24.3 Å². The average molecular weight is 443 g/mol. The highest BCUT2D eigenvalue weighted by molar-refractivity contribution is 7.92. The van der Waals surface area contributed by atoms with E-state index in [1.165, 1.54) is 18.3 Å². The fraction of sp³-hybridized carbons (Fsp3) is 0.0526. The molecule has 0 saturated carbocycles. The first-order valence-electron chi connectivity index (χ1n) is 8.80. The molecule has 2 heterocycles. The van der Waals surface area contributed by atoms with E-state index < -0.39 is 21.7 Å². The lowest BCUT2D eigenvalue weighted by Gasteiger charge is -2.13. The molecule has 0 unspecified atom stereocenters. The Balaban J connectivity index is 1.86. The third kappa shape index (κ3) is 4.05. The van der Waals surface area contributed by atoms with Crippen LogP contribution in [-0.4, -0.2) is 39.9 Å². The number of nitrogens with two attached hydrogens (primary N) is 1. The van der Waals surface area contributed by atoms with Crippen molar-refractivity contribution in [3.8, 4) is 28.2 Å². The van der Waals surface area contributed by atoms with Gasteiger partial charge in [-0.05, 0) is 34.7 Å². The van der Waals surface area contributed by atoms with E-state index in [0.29, 0.717) is 16.8 Å². The number of rotatable bonds is 5. The van der Waals surface area contributed by atoms with Gasteiger partial charge in [0.2, 0.25) is 10.0 Å². The van der Waals surface area contributed by atoms with Crippen molar-refractivity contribution >= 4 is 21.5 Å². The summed E-state index contributed by atoms with van der Waals surface area (Å²) in [4.78, 5) is 4.15. The van der Waals surface area contributed by atoms with E-state index in [4.69, 9.17) is 5.73 Å². The molecule has 31 heavy (non-hydrogen) atoms. The van der Waals surface area contributed by atoms with E-state index in [9.17, 15) is 17.2 Å². The van der Waals surface area contributed by atoms with Crippen molar-refractivity contribution in [3.05, 3.63) is 66.4 Å². The summed E-state index contributed by atoms with van der Waals surface area (Å²) < 4.78 is 54.9. The van der Waals surface area contributed by atoms with Crippen LogP contribution < -0.4 is 10.5 Å². The third-order valence-electron chi connectivity index (χ3n) is 4.32. The maximum absolute atomic E-state index is 14.3. The van der Waals surface area contributed by atoms with Crippen LogP contribution >= 0.6 is 0 Å². The van der Waals surface area contributed by atoms with E-state index >= 15 is 0 Å². The molecule has 0 saturated heterocycles. The highest BCUT2D eigenvalue weighted by Gasteiger charge is 2.20. The number of para-hydroxylation sites is 1. The highest BCUT2D eigenvalue weighted by atomic mass is 32.2. The summed E-state index contributed by atoms with van der Waals surface area (Å²) in [6, 6.07) is 11.9. The smallest absolute Gasteiger partial charge is 0.229 e. The number of anilines is 2. The summed E-state index contributed by atoms with van der Waals surface area (Å²) in [6.45, 7) is 0. The molecule has 0 radical (unpaired) electrons. The van der Waals surface area contributed by atoms with Crippen LogP contribution in [0.25, 0.3) is 28.2 Å². The number of tetrazole rings is 1. The van der Waals surface area contributed by atoms with Crippen LogP contribution in [0, 0.1) is 11.6 Å². The number of halogens is 2. The van der Waals surface area contributed by atoms with Crippen LogP contribution in [0.3, 0.4) is 0 Å². The number of hydrogen-bond donors (Lipinski definition) is 2. The van der Waals surface area contributed by atoms with E-state index in [0.717, 1.165) is 17.0 Å². The molecule has 9 nitrogen and oxygen atoms in total. The summed E-state index contributed by atoms with van der Waals surface area (Å²) in [6.07, 6.45) is 2.50. The second kappa shape index (κ2) is 7.72. The molecule has 0 atom stereocenters. The summed E-state index contributed by atoms with van der Waals surface area (Å²) in [5.74, 6) is -2.10. The van der Waals surface area contributed by atoms with Gasteiger partial charge in [0.05, 0.1) is 17.5 Å². The van der Waals surface area contributed by atoms with Gasteiger partial charge in [-0.15, -0.1) is 5.10 Å². The first kappa shape index (κ1) is 20.3. The molecule has 0 spiro atoms. The first-order chi connectivity index (χ1) is 14.7. The number of nitrogens with zero attached hydrogens (tertiary/aromatic N) is 5. The standard InChI is InChI=1S/C19H15F2N7O2S/c1-31(29,30)25-15-7-3-2-5-12(15)11-9-13(18(22)23-10-11)19-24-26-27-28(19)16-8-4-6-14(20)17(16)21/h2-10,25H,1H3,(H2,22,23). The quantitative estimate of drug-likeness (QED) is 0.485. The van der Waals surface area contributed by atoms with Crippen molar-refractivity contribution in [2.75, 3.05) is 16.7 Å². The summed E-state index contributed by atoms with van der Waals surface area (Å²) >= 11 is 0. The maximum Gasteiger partial charge on any atom is 0.229 e. The van der Waals surface area contributed by atoms with Gasteiger partial charge < -0.3 is 5.73 Å². The molecule has 0 aliphatic rings. The number of aromatic nitrogens is 5. The molecular weight excluding hydrogens is 428 g/mol. The Hall–Kier alpha value is -3.93. The van der Waals surface area contributed by atoms with Gasteiger partial charge in [0.15, 0.2) is 17.5 Å². The second-order valence-corrected chi connectivity index (χ2v) is 8.31. The number of sulfonamides is 1. The first-order valence-corrected chi connectivity index (χ1v) is 10.7. The summed E-state index contributed by atoms with van der Waals surface area (Å²) in [7, 11) is -3.53. The van der Waals surface area contributed by atoms with Gasteiger partial charge in [-0.25, -0.2) is 22.2 Å². The molecule has 2 aromatic heterocycles. The molecule has 4 aromatic rings. The maximum atomic E-state index is 14.3. The minimum absolute atomic E-state index is 0.0323.